The molecule has 4 rings (SSSR count). The average Bonchev–Trinajstić information content (AvgIpc) is 3.25. The van der Waals surface area contributed by atoms with E-state index in [-0.39, 0.29) is 17.8 Å². The second-order valence-corrected chi connectivity index (χ2v) is 8.21. The van der Waals surface area contributed by atoms with Crippen molar-refractivity contribution in [2.75, 3.05) is 0 Å². The van der Waals surface area contributed by atoms with Crippen LogP contribution in [0.5, 0.6) is 0 Å². The molecule has 0 saturated carbocycles. The third-order valence-corrected chi connectivity index (χ3v) is 6.13. The maximum atomic E-state index is 12.6. The van der Waals surface area contributed by atoms with Crippen LogP contribution in [0.4, 0.5) is 0 Å². The highest BCUT2D eigenvalue weighted by Crippen LogP contribution is 2.27. The fraction of sp³-hybridized carbons (Fsp3) is 0.167. The minimum Gasteiger partial charge on any atom is -0.347 e. The number of pyridine rings is 1. The van der Waals surface area contributed by atoms with Crippen LogP contribution < -0.4 is 11.2 Å². The molecule has 0 bridgehead atoms. The summed E-state index contributed by atoms with van der Waals surface area (Å²) in [7, 11) is 0. The summed E-state index contributed by atoms with van der Waals surface area (Å²) in [6.45, 7) is 2.98. The fourth-order valence-corrected chi connectivity index (χ4v) is 4.12. The Morgan fingerprint density at radius 1 is 1.03 bits per heavy atom. The molecule has 0 aliphatic carbocycles. The summed E-state index contributed by atoms with van der Waals surface area (Å²) in [5, 5.41) is 1.13. The number of nitrogens with two attached hydrogens (primary N) is 1. The van der Waals surface area contributed by atoms with Gasteiger partial charge in [0.2, 0.25) is 0 Å². The van der Waals surface area contributed by atoms with Gasteiger partial charge >= 0.3 is 0 Å². The van der Waals surface area contributed by atoms with Crippen molar-refractivity contribution in [3.63, 3.8) is 0 Å². The average molecular weight is 490 g/mol. The molecule has 8 heteroatoms. The van der Waals surface area contributed by atoms with E-state index < -0.39 is 0 Å². The molecule has 0 amide bonds. The van der Waals surface area contributed by atoms with E-state index in [1.807, 2.05) is 25.3 Å². The number of hydrogen-bond acceptors (Lipinski definition) is 3. The lowest BCUT2D eigenvalue weighted by molar-refractivity contribution is 0.744. The Kier molecular flexibility index (Phi) is 7.80. The quantitative estimate of drug-likeness (QED) is 0.382. The zero-order valence-corrected chi connectivity index (χ0v) is 19.8. The molecule has 0 spiro atoms. The number of hydrogen-bond donors (Lipinski definition) is 2. The standard InChI is InChI=1S/C24H22Cl2N4O.ClH/c1-15-18(11-19-20(25)3-2-4-21(19)26)23(31)9-10-30(15)14-16-5-7-17(8-6-16)22-13-28-24(12-27)29-22;/h2-10,13H,11-12,14,27H2,1H3,(H,28,29);1H. The van der Waals surface area contributed by atoms with Gasteiger partial charge in [-0.2, -0.15) is 0 Å². The Hall–Kier alpha value is -2.57. The Balaban J connectivity index is 0.00000289. The Bertz CT molecular complexity index is 1260. The highest BCUT2D eigenvalue weighted by Gasteiger charge is 2.13. The SMILES string of the molecule is Cc1c(Cc2c(Cl)cccc2Cl)c(=O)ccn1Cc1ccc(-c2cnc(CN)[nH]2)cc1.Cl. The largest absolute Gasteiger partial charge is 0.347 e. The molecular formula is C24H23Cl3N4O. The number of aromatic nitrogens is 3. The second kappa shape index (κ2) is 10.4. The number of H-pyrrole nitrogens is 1. The number of benzene rings is 2. The van der Waals surface area contributed by atoms with Gasteiger partial charge in [-0.15, -0.1) is 12.4 Å². The first-order chi connectivity index (χ1) is 15.0. The van der Waals surface area contributed by atoms with Gasteiger partial charge in [-0.25, -0.2) is 4.98 Å². The van der Waals surface area contributed by atoms with E-state index in [1.54, 1.807) is 30.5 Å². The summed E-state index contributed by atoms with van der Waals surface area (Å²) in [6, 6.07) is 15.2. The summed E-state index contributed by atoms with van der Waals surface area (Å²) in [5.74, 6) is 0.758. The first kappa shape index (κ1) is 24.1. The van der Waals surface area contributed by atoms with E-state index in [2.05, 4.69) is 26.7 Å². The molecule has 0 radical (unpaired) electrons. The van der Waals surface area contributed by atoms with Crippen LogP contribution in [0, 0.1) is 6.92 Å². The van der Waals surface area contributed by atoms with Crippen molar-refractivity contribution in [2.24, 2.45) is 5.73 Å². The molecular weight excluding hydrogens is 467 g/mol. The molecule has 5 nitrogen and oxygen atoms in total. The van der Waals surface area contributed by atoms with E-state index in [9.17, 15) is 4.79 Å². The van der Waals surface area contributed by atoms with E-state index in [4.69, 9.17) is 28.9 Å². The fourth-order valence-electron chi connectivity index (χ4n) is 3.59. The minimum absolute atomic E-state index is 0. The van der Waals surface area contributed by atoms with Crippen LogP contribution in [-0.4, -0.2) is 14.5 Å². The van der Waals surface area contributed by atoms with Gasteiger partial charge in [-0.05, 0) is 35.7 Å². The first-order valence-corrected chi connectivity index (χ1v) is 10.7. The van der Waals surface area contributed by atoms with Crippen LogP contribution in [0.15, 0.2) is 65.7 Å². The molecule has 4 aromatic rings. The number of nitrogens with one attached hydrogen (secondary N) is 1. The summed E-state index contributed by atoms with van der Waals surface area (Å²) in [4.78, 5) is 20.0. The third-order valence-electron chi connectivity index (χ3n) is 5.43. The van der Waals surface area contributed by atoms with Gasteiger partial charge in [0.25, 0.3) is 0 Å². The van der Waals surface area contributed by atoms with E-state index >= 15 is 0 Å². The van der Waals surface area contributed by atoms with E-state index in [0.717, 1.165) is 33.9 Å². The molecule has 2 aromatic heterocycles. The lowest BCUT2D eigenvalue weighted by atomic mass is 10.0. The molecule has 0 atom stereocenters. The van der Waals surface area contributed by atoms with Crippen molar-refractivity contribution >= 4 is 35.6 Å². The molecule has 3 N–H and O–H groups in total. The summed E-state index contributed by atoms with van der Waals surface area (Å²) < 4.78 is 2.07. The van der Waals surface area contributed by atoms with Crippen LogP contribution in [0.2, 0.25) is 10.0 Å². The number of aromatic amines is 1. The number of imidazole rings is 1. The number of nitrogens with zero attached hydrogens (tertiary/aromatic N) is 2. The highest BCUT2D eigenvalue weighted by atomic mass is 35.5. The van der Waals surface area contributed by atoms with Gasteiger partial charge < -0.3 is 15.3 Å². The van der Waals surface area contributed by atoms with Crippen LogP contribution in [0.25, 0.3) is 11.3 Å². The van der Waals surface area contributed by atoms with Crippen molar-refractivity contribution in [3.05, 3.63) is 109 Å². The topological polar surface area (TPSA) is 76.7 Å². The van der Waals surface area contributed by atoms with Crippen molar-refractivity contribution in [1.29, 1.82) is 0 Å². The highest BCUT2D eigenvalue weighted by molar-refractivity contribution is 6.36. The lowest BCUT2D eigenvalue weighted by Gasteiger charge is -2.16. The summed E-state index contributed by atoms with van der Waals surface area (Å²) in [6.07, 6.45) is 4.01. The third kappa shape index (κ3) is 5.08. The number of rotatable bonds is 6. The molecule has 166 valence electrons. The first-order valence-electron chi connectivity index (χ1n) is 9.91. The normalized spacial score (nSPS) is 10.8. The van der Waals surface area contributed by atoms with Crippen molar-refractivity contribution in [3.8, 4) is 11.3 Å². The Morgan fingerprint density at radius 2 is 1.72 bits per heavy atom. The van der Waals surface area contributed by atoms with Crippen molar-refractivity contribution in [2.45, 2.75) is 26.4 Å². The maximum absolute atomic E-state index is 12.6. The zero-order valence-electron chi connectivity index (χ0n) is 17.4. The predicted molar refractivity (Wildman–Crippen MR) is 133 cm³/mol. The van der Waals surface area contributed by atoms with Gasteiger partial charge in [0.15, 0.2) is 5.43 Å². The summed E-state index contributed by atoms with van der Waals surface area (Å²) >= 11 is 12.6. The molecule has 0 unspecified atom stereocenters. The van der Waals surface area contributed by atoms with Gasteiger partial charge in [0, 0.05) is 46.5 Å². The smallest absolute Gasteiger partial charge is 0.185 e. The Morgan fingerprint density at radius 3 is 2.34 bits per heavy atom. The predicted octanol–water partition coefficient (Wildman–Crippen LogP) is 5.37. The molecule has 0 saturated heterocycles. The lowest BCUT2D eigenvalue weighted by Crippen LogP contribution is -2.17. The van der Waals surface area contributed by atoms with Crippen molar-refractivity contribution < 1.29 is 0 Å². The zero-order chi connectivity index (χ0) is 22.0. The molecule has 0 aliphatic rings. The molecule has 2 heterocycles. The maximum Gasteiger partial charge on any atom is 0.185 e. The van der Waals surface area contributed by atoms with Gasteiger partial charge in [0.1, 0.15) is 5.82 Å². The van der Waals surface area contributed by atoms with E-state index in [1.165, 1.54) is 0 Å². The molecule has 0 fully saturated rings. The van der Waals surface area contributed by atoms with Crippen LogP contribution in [0.1, 0.15) is 28.2 Å². The van der Waals surface area contributed by atoms with E-state index in [0.29, 0.717) is 35.1 Å². The molecule has 32 heavy (non-hydrogen) atoms. The Labute approximate surface area is 202 Å². The van der Waals surface area contributed by atoms with Gasteiger partial charge in [-0.1, -0.05) is 53.5 Å². The van der Waals surface area contributed by atoms with Crippen LogP contribution in [0.3, 0.4) is 0 Å². The second-order valence-electron chi connectivity index (χ2n) is 7.39. The van der Waals surface area contributed by atoms with Gasteiger partial charge in [0.05, 0.1) is 18.4 Å². The van der Waals surface area contributed by atoms with Crippen LogP contribution in [-0.2, 0) is 19.5 Å². The monoisotopic (exact) mass is 488 g/mol. The van der Waals surface area contributed by atoms with Crippen molar-refractivity contribution in [1.82, 2.24) is 14.5 Å². The number of halogens is 3. The van der Waals surface area contributed by atoms with Crippen LogP contribution >= 0.6 is 35.6 Å². The molecule has 0 aliphatic heterocycles. The van der Waals surface area contributed by atoms with Gasteiger partial charge in [-0.3, -0.25) is 4.79 Å². The minimum atomic E-state index is -0.0185. The molecule has 2 aromatic carbocycles. The summed E-state index contributed by atoms with van der Waals surface area (Å²) in [5.41, 5.74) is 11.1.